The molecule has 0 aliphatic heterocycles. The third kappa shape index (κ3) is 2.73. The number of rotatable bonds is 3. The lowest BCUT2D eigenvalue weighted by Crippen LogP contribution is -2.23. The summed E-state index contributed by atoms with van der Waals surface area (Å²) < 4.78 is 14.0. The summed E-state index contributed by atoms with van der Waals surface area (Å²) in [5.74, 6) is -1.72. The van der Waals surface area contributed by atoms with Gasteiger partial charge in [0.15, 0.2) is 0 Å². The Labute approximate surface area is 112 Å². The van der Waals surface area contributed by atoms with Crippen molar-refractivity contribution in [3.63, 3.8) is 0 Å². The average Bonchev–Trinajstić information content (AvgIpc) is 2.28. The monoisotopic (exact) mass is 308 g/mol. The van der Waals surface area contributed by atoms with Crippen LogP contribution in [0.2, 0.25) is 0 Å². The Hall–Kier alpha value is -1.75. The fraction of sp³-hybridized carbons (Fsp3) is 0.0769. The predicted molar refractivity (Wildman–Crippen MR) is 69.4 cm³/mol. The largest absolute Gasteiger partial charge is 0.369 e. The summed E-state index contributed by atoms with van der Waals surface area (Å²) in [6.45, 7) is 0. The molecule has 0 aliphatic rings. The molecule has 0 saturated carbocycles. The molecule has 3 nitrogen and oxygen atoms in total. The van der Waals surface area contributed by atoms with Gasteiger partial charge >= 0.3 is 0 Å². The zero-order valence-corrected chi connectivity index (χ0v) is 10.9. The first-order chi connectivity index (χ1) is 8.58. The van der Waals surface area contributed by atoms with E-state index in [1.807, 2.05) is 0 Å². The van der Waals surface area contributed by atoms with Crippen molar-refractivity contribution in [2.24, 2.45) is 5.73 Å². The van der Waals surface area contributed by atoms with E-state index in [0.717, 1.165) is 4.47 Å². The van der Waals surface area contributed by atoms with E-state index in [4.69, 9.17) is 5.73 Å². The van der Waals surface area contributed by atoms with Gasteiger partial charge < -0.3 is 5.73 Å². The van der Waals surface area contributed by atoms with Gasteiger partial charge in [-0.15, -0.1) is 0 Å². The van der Waals surface area contributed by atoms with Crippen molar-refractivity contribution < 1.29 is 9.18 Å². The van der Waals surface area contributed by atoms with Crippen LogP contribution in [0.3, 0.4) is 0 Å². The molecule has 0 saturated heterocycles. The molecule has 1 heterocycles. The Morgan fingerprint density at radius 1 is 1.33 bits per heavy atom. The number of amides is 1. The average molecular weight is 309 g/mol. The van der Waals surface area contributed by atoms with Gasteiger partial charge in [0, 0.05) is 10.7 Å². The molecule has 1 unspecified atom stereocenters. The first-order valence-corrected chi connectivity index (χ1v) is 6.03. The Kier molecular flexibility index (Phi) is 3.72. The minimum absolute atomic E-state index is 0.409. The first kappa shape index (κ1) is 12.7. The molecule has 2 rings (SSSR count). The minimum atomic E-state index is -0.752. The smallest absolute Gasteiger partial charge is 0.231 e. The molecule has 5 heteroatoms. The van der Waals surface area contributed by atoms with Crippen LogP contribution in [-0.4, -0.2) is 10.9 Å². The molecule has 92 valence electrons. The molecule has 0 radical (unpaired) electrons. The lowest BCUT2D eigenvalue weighted by Gasteiger charge is -2.13. The fourth-order valence-corrected chi connectivity index (χ4v) is 2.10. The zero-order chi connectivity index (χ0) is 13.1. The second kappa shape index (κ2) is 5.27. The van der Waals surface area contributed by atoms with E-state index in [1.165, 1.54) is 12.1 Å². The molecule has 1 atom stereocenters. The number of primary amides is 1. The van der Waals surface area contributed by atoms with E-state index in [9.17, 15) is 9.18 Å². The van der Waals surface area contributed by atoms with E-state index in [0.29, 0.717) is 11.3 Å². The van der Waals surface area contributed by atoms with Crippen LogP contribution < -0.4 is 5.73 Å². The Morgan fingerprint density at radius 3 is 2.72 bits per heavy atom. The van der Waals surface area contributed by atoms with Gasteiger partial charge in [0.2, 0.25) is 5.91 Å². The predicted octanol–water partition coefficient (Wildman–Crippen LogP) is 2.60. The highest BCUT2D eigenvalue weighted by Gasteiger charge is 2.22. The van der Waals surface area contributed by atoms with E-state index in [2.05, 4.69) is 20.9 Å². The summed E-state index contributed by atoms with van der Waals surface area (Å²) >= 11 is 3.30. The summed E-state index contributed by atoms with van der Waals surface area (Å²) in [6, 6.07) is 9.24. The molecule has 0 fully saturated rings. The number of hydrogen-bond acceptors (Lipinski definition) is 2. The van der Waals surface area contributed by atoms with E-state index >= 15 is 0 Å². The molecular weight excluding hydrogens is 299 g/mol. The maximum absolute atomic E-state index is 13.2. The molecule has 18 heavy (non-hydrogen) atoms. The zero-order valence-electron chi connectivity index (χ0n) is 9.31. The van der Waals surface area contributed by atoms with Crippen molar-refractivity contribution >= 4 is 21.8 Å². The number of halogens is 2. The lowest BCUT2D eigenvalue weighted by molar-refractivity contribution is -0.118. The van der Waals surface area contributed by atoms with Crippen LogP contribution in [-0.2, 0) is 4.79 Å². The van der Waals surface area contributed by atoms with Crippen LogP contribution in [0, 0.1) is 5.82 Å². The van der Waals surface area contributed by atoms with Crippen LogP contribution in [0.4, 0.5) is 4.39 Å². The van der Waals surface area contributed by atoms with Gasteiger partial charge in [0.1, 0.15) is 11.7 Å². The van der Waals surface area contributed by atoms with E-state index in [-0.39, 0.29) is 0 Å². The Morgan fingerprint density at radius 2 is 2.11 bits per heavy atom. The van der Waals surface area contributed by atoms with Crippen LogP contribution in [0.5, 0.6) is 0 Å². The van der Waals surface area contributed by atoms with Crippen LogP contribution >= 0.6 is 15.9 Å². The molecule has 1 amide bonds. The highest BCUT2D eigenvalue weighted by atomic mass is 79.9. The van der Waals surface area contributed by atoms with Gasteiger partial charge in [-0.2, -0.15) is 0 Å². The molecule has 1 aromatic carbocycles. The maximum Gasteiger partial charge on any atom is 0.231 e. The van der Waals surface area contributed by atoms with Crippen LogP contribution in [0.25, 0.3) is 0 Å². The number of aromatic nitrogens is 1. The van der Waals surface area contributed by atoms with E-state index in [1.54, 1.807) is 30.5 Å². The Bertz CT molecular complexity index is 543. The van der Waals surface area contributed by atoms with Crippen LogP contribution in [0.1, 0.15) is 17.2 Å². The van der Waals surface area contributed by atoms with Gasteiger partial charge in [0.25, 0.3) is 0 Å². The second-order valence-electron chi connectivity index (χ2n) is 3.79. The van der Waals surface area contributed by atoms with E-state index < -0.39 is 17.6 Å². The van der Waals surface area contributed by atoms with Crippen molar-refractivity contribution in [1.82, 2.24) is 4.98 Å². The molecule has 2 N–H and O–H groups in total. The molecular formula is C13H10BrFN2O. The summed E-state index contributed by atoms with van der Waals surface area (Å²) in [5.41, 5.74) is 6.37. The summed E-state index contributed by atoms with van der Waals surface area (Å²) in [7, 11) is 0. The van der Waals surface area contributed by atoms with Gasteiger partial charge in [-0.1, -0.05) is 28.1 Å². The second-order valence-corrected chi connectivity index (χ2v) is 4.70. The highest BCUT2D eigenvalue weighted by Crippen LogP contribution is 2.25. The highest BCUT2D eigenvalue weighted by molar-refractivity contribution is 9.10. The molecule has 0 spiro atoms. The summed E-state index contributed by atoms with van der Waals surface area (Å²) in [6.07, 6.45) is 1.56. The van der Waals surface area contributed by atoms with Crippen LogP contribution in [0.15, 0.2) is 47.1 Å². The first-order valence-electron chi connectivity index (χ1n) is 5.24. The SMILES string of the molecule is NC(=O)C(c1cccc(F)c1)c1cc(Br)ccn1. The summed E-state index contributed by atoms with van der Waals surface area (Å²) in [4.78, 5) is 15.7. The quantitative estimate of drug-likeness (QED) is 0.947. The van der Waals surface area contributed by atoms with Gasteiger partial charge in [-0.3, -0.25) is 9.78 Å². The van der Waals surface area contributed by atoms with Gasteiger partial charge in [-0.05, 0) is 29.8 Å². The van der Waals surface area contributed by atoms with Crippen molar-refractivity contribution in [3.8, 4) is 0 Å². The number of pyridine rings is 1. The number of nitrogens with zero attached hydrogens (tertiary/aromatic N) is 1. The van der Waals surface area contributed by atoms with Crippen molar-refractivity contribution in [2.75, 3.05) is 0 Å². The minimum Gasteiger partial charge on any atom is -0.369 e. The Balaban J connectivity index is 2.50. The standard InChI is InChI=1S/C13H10BrFN2O/c14-9-4-5-17-11(7-9)12(13(16)18)8-2-1-3-10(15)6-8/h1-7,12H,(H2,16,18). The van der Waals surface area contributed by atoms with Crippen molar-refractivity contribution in [3.05, 3.63) is 64.1 Å². The molecule has 2 aromatic rings. The topological polar surface area (TPSA) is 56.0 Å². The lowest BCUT2D eigenvalue weighted by atomic mass is 9.94. The molecule has 0 bridgehead atoms. The number of nitrogens with two attached hydrogens (primary N) is 1. The third-order valence-corrected chi connectivity index (χ3v) is 3.00. The van der Waals surface area contributed by atoms with Gasteiger partial charge in [-0.25, -0.2) is 4.39 Å². The normalized spacial score (nSPS) is 12.1. The number of hydrogen-bond donors (Lipinski definition) is 1. The number of carbonyl (C=O) groups excluding carboxylic acids is 1. The maximum atomic E-state index is 13.2. The molecule has 1 aromatic heterocycles. The van der Waals surface area contributed by atoms with Crippen molar-refractivity contribution in [2.45, 2.75) is 5.92 Å². The number of carbonyl (C=O) groups is 1. The number of benzene rings is 1. The van der Waals surface area contributed by atoms with Crippen molar-refractivity contribution in [1.29, 1.82) is 0 Å². The van der Waals surface area contributed by atoms with Gasteiger partial charge in [0.05, 0.1) is 5.69 Å². The molecule has 0 aliphatic carbocycles. The third-order valence-electron chi connectivity index (χ3n) is 2.51. The summed E-state index contributed by atoms with van der Waals surface area (Å²) in [5, 5.41) is 0. The fourth-order valence-electron chi connectivity index (χ4n) is 1.75.